The maximum absolute atomic E-state index is 14.0. The predicted molar refractivity (Wildman–Crippen MR) is 130 cm³/mol. The van der Waals surface area contributed by atoms with Crippen LogP contribution in [0, 0.1) is 5.41 Å². The second-order valence-corrected chi connectivity index (χ2v) is 10.2. The van der Waals surface area contributed by atoms with Crippen LogP contribution in [0.15, 0.2) is 42.5 Å². The van der Waals surface area contributed by atoms with E-state index in [0.29, 0.717) is 57.3 Å². The average molecular weight is 502 g/mol. The number of anilines is 2. The zero-order chi connectivity index (χ0) is 24.9. The van der Waals surface area contributed by atoms with Gasteiger partial charge < -0.3 is 19.7 Å². The number of hydrogen-bond donors (Lipinski definition) is 1. The van der Waals surface area contributed by atoms with Gasteiger partial charge in [-0.1, -0.05) is 24.3 Å². The summed E-state index contributed by atoms with van der Waals surface area (Å²) in [6, 6.07) is 12.4. The highest BCUT2D eigenvalue weighted by Crippen LogP contribution is 2.59. The molecule has 1 saturated heterocycles. The molecule has 2 aromatic carbocycles. The maximum atomic E-state index is 14.0. The van der Waals surface area contributed by atoms with E-state index >= 15 is 0 Å². The average Bonchev–Trinajstić information content (AvgIpc) is 3.72. The van der Waals surface area contributed by atoms with Crippen molar-refractivity contribution in [1.82, 2.24) is 4.90 Å². The summed E-state index contributed by atoms with van der Waals surface area (Å²) in [6.45, 7) is 3.16. The zero-order valence-electron chi connectivity index (χ0n) is 20.0. The first kappa shape index (κ1) is 23.5. The molecule has 6 nitrogen and oxygen atoms in total. The number of Topliss-reactive ketones (excluding diaryl/α,β-unsaturated/α-hetero) is 1. The van der Waals surface area contributed by atoms with Gasteiger partial charge in [0.05, 0.1) is 11.7 Å². The number of nitrogens with zero attached hydrogens (tertiary/aromatic N) is 2. The zero-order valence-corrected chi connectivity index (χ0v) is 20.0. The molecule has 2 unspecified atom stereocenters. The second kappa shape index (κ2) is 8.87. The molecule has 4 aliphatic rings. The fourth-order valence-corrected chi connectivity index (χ4v) is 5.93. The van der Waals surface area contributed by atoms with Crippen molar-refractivity contribution in [2.24, 2.45) is 5.41 Å². The van der Waals surface area contributed by atoms with Crippen molar-refractivity contribution < 1.29 is 27.4 Å². The van der Waals surface area contributed by atoms with Crippen LogP contribution in [0.2, 0.25) is 0 Å². The van der Waals surface area contributed by atoms with Gasteiger partial charge in [0.25, 0.3) is 0 Å². The van der Waals surface area contributed by atoms with Gasteiger partial charge in [0.2, 0.25) is 0 Å². The van der Waals surface area contributed by atoms with Crippen molar-refractivity contribution in [3.05, 3.63) is 48.0 Å². The number of benzene rings is 2. The van der Waals surface area contributed by atoms with Crippen molar-refractivity contribution in [2.45, 2.75) is 43.9 Å². The Balaban J connectivity index is 1.25. The van der Waals surface area contributed by atoms with E-state index in [2.05, 4.69) is 10.2 Å². The van der Waals surface area contributed by atoms with E-state index in [9.17, 15) is 18.0 Å². The van der Waals surface area contributed by atoms with E-state index in [0.717, 1.165) is 23.4 Å². The molecule has 1 saturated carbocycles. The number of halogens is 3. The number of ketones is 1. The van der Waals surface area contributed by atoms with Gasteiger partial charge in [-0.15, -0.1) is 0 Å². The number of para-hydroxylation sites is 2. The molecule has 36 heavy (non-hydrogen) atoms. The lowest BCUT2D eigenvalue weighted by molar-refractivity contribution is -0.194. The Kier molecular flexibility index (Phi) is 5.78. The predicted octanol–water partition coefficient (Wildman–Crippen LogP) is 4.29. The van der Waals surface area contributed by atoms with E-state index in [4.69, 9.17) is 9.47 Å². The minimum absolute atomic E-state index is 0.109. The van der Waals surface area contributed by atoms with Crippen LogP contribution in [-0.4, -0.2) is 68.3 Å². The SMILES string of the molecule is O=C(C(C1CCc2ccccc2N1)N1CCN(c2cccc3c2OCCO3)CC1)C1(C(F)(F)F)CC1. The minimum atomic E-state index is -4.52. The largest absolute Gasteiger partial charge is 0.486 e. The third-order valence-electron chi connectivity index (χ3n) is 8.09. The van der Waals surface area contributed by atoms with Crippen LogP contribution in [0.3, 0.4) is 0 Å². The highest BCUT2D eigenvalue weighted by molar-refractivity contribution is 5.94. The summed E-state index contributed by atoms with van der Waals surface area (Å²) in [4.78, 5) is 17.8. The number of fused-ring (bicyclic) bond motifs is 2. The lowest BCUT2D eigenvalue weighted by Crippen LogP contribution is -2.61. The minimum Gasteiger partial charge on any atom is -0.486 e. The van der Waals surface area contributed by atoms with Crippen molar-refractivity contribution >= 4 is 17.2 Å². The third-order valence-corrected chi connectivity index (χ3v) is 8.09. The first-order valence-electron chi connectivity index (χ1n) is 12.7. The quantitative estimate of drug-likeness (QED) is 0.660. The maximum Gasteiger partial charge on any atom is 0.401 e. The van der Waals surface area contributed by atoms with Crippen LogP contribution in [-0.2, 0) is 11.2 Å². The molecule has 0 radical (unpaired) electrons. The normalized spacial score (nSPS) is 23.9. The fraction of sp³-hybridized carbons (Fsp3) is 0.519. The van der Waals surface area contributed by atoms with Crippen LogP contribution in [0.5, 0.6) is 11.5 Å². The van der Waals surface area contributed by atoms with Crippen LogP contribution >= 0.6 is 0 Å². The fourth-order valence-electron chi connectivity index (χ4n) is 5.93. The lowest BCUT2D eigenvalue weighted by atomic mass is 9.84. The molecule has 3 aliphatic heterocycles. The highest BCUT2D eigenvalue weighted by atomic mass is 19.4. The summed E-state index contributed by atoms with van der Waals surface area (Å²) >= 11 is 0. The summed E-state index contributed by atoms with van der Waals surface area (Å²) < 4.78 is 53.7. The number of piperazine rings is 1. The number of hydrogen-bond acceptors (Lipinski definition) is 6. The lowest BCUT2D eigenvalue weighted by Gasteiger charge is -2.45. The Labute approximate surface area is 208 Å². The molecule has 9 heteroatoms. The van der Waals surface area contributed by atoms with Gasteiger partial charge in [-0.3, -0.25) is 9.69 Å². The van der Waals surface area contributed by atoms with Crippen molar-refractivity contribution in [2.75, 3.05) is 49.6 Å². The molecule has 1 aliphatic carbocycles. The molecule has 0 amide bonds. The van der Waals surface area contributed by atoms with Gasteiger partial charge in [0.15, 0.2) is 17.3 Å². The first-order valence-corrected chi connectivity index (χ1v) is 12.7. The summed E-state index contributed by atoms with van der Waals surface area (Å²) in [7, 11) is 0. The molecule has 0 spiro atoms. The monoisotopic (exact) mass is 501 g/mol. The van der Waals surface area contributed by atoms with Gasteiger partial charge >= 0.3 is 6.18 Å². The third kappa shape index (κ3) is 3.97. The molecule has 6 rings (SSSR count). The number of alkyl halides is 3. The molecule has 2 fully saturated rings. The van der Waals surface area contributed by atoms with Gasteiger partial charge in [-0.05, 0) is 49.4 Å². The summed E-state index contributed by atoms with van der Waals surface area (Å²) in [5, 5.41) is 3.43. The number of carbonyl (C=O) groups is 1. The van der Waals surface area contributed by atoms with Crippen LogP contribution < -0.4 is 19.7 Å². The number of carbonyl (C=O) groups excluding carboxylic acids is 1. The first-order chi connectivity index (χ1) is 17.4. The highest BCUT2D eigenvalue weighted by Gasteiger charge is 2.69. The molecule has 1 N–H and O–H groups in total. The van der Waals surface area contributed by atoms with E-state index < -0.39 is 23.4 Å². The van der Waals surface area contributed by atoms with E-state index in [1.165, 1.54) is 0 Å². The summed E-state index contributed by atoms with van der Waals surface area (Å²) in [6.07, 6.45) is -3.37. The van der Waals surface area contributed by atoms with E-state index in [1.807, 2.05) is 47.4 Å². The Morgan fingerprint density at radius 2 is 1.75 bits per heavy atom. The smallest absolute Gasteiger partial charge is 0.401 e. The Bertz CT molecular complexity index is 1140. The topological polar surface area (TPSA) is 54.0 Å². The van der Waals surface area contributed by atoms with Gasteiger partial charge in [0.1, 0.15) is 18.6 Å². The molecular weight excluding hydrogens is 471 g/mol. The Hall–Kier alpha value is -2.94. The van der Waals surface area contributed by atoms with Crippen molar-refractivity contribution in [3.63, 3.8) is 0 Å². The van der Waals surface area contributed by atoms with Crippen LogP contribution in [0.1, 0.15) is 24.8 Å². The van der Waals surface area contributed by atoms with Gasteiger partial charge in [-0.25, -0.2) is 0 Å². The standard InChI is InChI=1S/C27H30F3N3O3/c28-27(29,30)26(10-11-26)25(34)23(20-9-8-18-4-1-2-5-19(18)31-20)33-14-12-32(13-15-33)21-6-3-7-22-24(21)36-17-16-35-22/h1-7,20,23,31H,8-17H2. The molecule has 2 aromatic rings. The number of nitrogens with one attached hydrogen (secondary N) is 1. The number of aryl methyl sites for hydroxylation is 1. The van der Waals surface area contributed by atoms with Crippen molar-refractivity contribution in [3.8, 4) is 11.5 Å². The molecule has 192 valence electrons. The van der Waals surface area contributed by atoms with Crippen LogP contribution in [0.4, 0.5) is 24.5 Å². The molecule has 0 aromatic heterocycles. The van der Waals surface area contributed by atoms with E-state index in [-0.39, 0.29) is 18.9 Å². The summed E-state index contributed by atoms with van der Waals surface area (Å²) in [5.74, 6) is 0.749. The van der Waals surface area contributed by atoms with Crippen molar-refractivity contribution in [1.29, 1.82) is 0 Å². The van der Waals surface area contributed by atoms with Crippen LogP contribution in [0.25, 0.3) is 0 Å². The van der Waals surface area contributed by atoms with Gasteiger partial charge in [-0.2, -0.15) is 13.2 Å². The van der Waals surface area contributed by atoms with Gasteiger partial charge in [0, 0.05) is 37.9 Å². The Morgan fingerprint density at radius 1 is 1.00 bits per heavy atom. The van der Waals surface area contributed by atoms with E-state index in [1.54, 1.807) is 0 Å². The molecular formula is C27H30F3N3O3. The second-order valence-electron chi connectivity index (χ2n) is 10.2. The molecule has 2 atom stereocenters. The number of rotatable bonds is 5. The molecule has 3 heterocycles. The summed E-state index contributed by atoms with van der Waals surface area (Å²) in [5.41, 5.74) is 0.776. The number of ether oxygens (including phenoxy) is 2. The molecule has 0 bridgehead atoms. The Morgan fingerprint density at radius 3 is 2.50 bits per heavy atom.